The third-order valence-corrected chi connectivity index (χ3v) is 7.37. The number of amides is 3. The van der Waals surface area contributed by atoms with E-state index in [9.17, 15) is 9.59 Å². The summed E-state index contributed by atoms with van der Waals surface area (Å²) in [6.45, 7) is 7.83. The first kappa shape index (κ1) is 24.5. The van der Waals surface area contributed by atoms with E-state index in [0.717, 1.165) is 68.0 Å². The number of carbonyl (C=O) groups excluding carboxylic acids is 2. The first-order chi connectivity index (χ1) is 17.5. The van der Waals surface area contributed by atoms with Crippen LogP contribution >= 0.6 is 0 Å². The van der Waals surface area contributed by atoms with Crippen molar-refractivity contribution in [3.63, 3.8) is 0 Å². The molecule has 1 aromatic carbocycles. The van der Waals surface area contributed by atoms with Gasteiger partial charge in [0, 0.05) is 42.9 Å². The molecule has 9 nitrogen and oxygen atoms in total. The van der Waals surface area contributed by atoms with Gasteiger partial charge in [-0.15, -0.1) is 0 Å². The zero-order valence-electron chi connectivity index (χ0n) is 21.3. The molecular formula is C27H36N6O3. The number of anilines is 2. The quantitative estimate of drug-likeness (QED) is 0.569. The van der Waals surface area contributed by atoms with Gasteiger partial charge >= 0.3 is 6.03 Å². The SMILES string of the molecule is CCCCCNC(=O)Nc1ccc(-c2nc3c(c(N4CCOCC4C)n2)CCN2C(=O)CCC32)cc1. The van der Waals surface area contributed by atoms with Crippen LogP contribution in [0.4, 0.5) is 16.3 Å². The number of ether oxygens (including phenoxy) is 1. The largest absolute Gasteiger partial charge is 0.377 e. The molecule has 3 aliphatic rings. The normalized spacial score (nSPS) is 21.2. The highest BCUT2D eigenvalue weighted by Crippen LogP contribution is 2.41. The van der Waals surface area contributed by atoms with Crippen molar-refractivity contribution in [1.82, 2.24) is 20.2 Å². The second-order valence-electron chi connectivity index (χ2n) is 9.91. The molecule has 1 aromatic heterocycles. The lowest BCUT2D eigenvalue weighted by atomic mass is 9.97. The topological polar surface area (TPSA) is 99.7 Å². The Morgan fingerprint density at radius 1 is 1.11 bits per heavy atom. The number of aromatic nitrogens is 2. The predicted octanol–water partition coefficient (Wildman–Crippen LogP) is 3.90. The van der Waals surface area contributed by atoms with E-state index in [1.54, 1.807) is 0 Å². The number of fused-ring (bicyclic) bond motifs is 3. The minimum Gasteiger partial charge on any atom is -0.377 e. The molecule has 2 fully saturated rings. The number of rotatable bonds is 7. The summed E-state index contributed by atoms with van der Waals surface area (Å²) in [6.07, 6.45) is 5.36. The van der Waals surface area contributed by atoms with E-state index in [1.807, 2.05) is 29.2 Å². The molecule has 0 saturated carbocycles. The van der Waals surface area contributed by atoms with Crippen LogP contribution in [0.2, 0.25) is 0 Å². The Morgan fingerprint density at radius 3 is 2.72 bits per heavy atom. The van der Waals surface area contributed by atoms with Gasteiger partial charge in [0.1, 0.15) is 5.82 Å². The molecule has 2 unspecified atom stereocenters. The molecular weight excluding hydrogens is 456 g/mol. The fourth-order valence-corrected chi connectivity index (χ4v) is 5.40. The van der Waals surface area contributed by atoms with Gasteiger partial charge in [-0.05, 0) is 50.5 Å². The molecule has 0 radical (unpaired) electrons. The predicted molar refractivity (Wildman–Crippen MR) is 139 cm³/mol. The molecule has 3 amide bonds. The van der Waals surface area contributed by atoms with Crippen LogP contribution in [0, 0.1) is 0 Å². The van der Waals surface area contributed by atoms with E-state index in [1.165, 1.54) is 5.56 Å². The lowest BCUT2D eigenvalue weighted by Crippen LogP contribution is -2.45. The average Bonchev–Trinajstić information content (AvgIpc) is 3.28. The summed E-state index contributed by atoms with van der Waals surface area (Å²) >= 11 is 0. The van der Waals surface area contributed by atoms with E-state index in [2.05, 4.69) is 29.4 Å². The van der Waals surface area contributed by atoms with Crippen LogP contribution in [0.1, 0.15) is 63.3 Å². The van der Waals surface area contributed by atoms with Gasteiger partial charge in [-0.2, -0.15) is 0 Å². The Balaban J connectivity index is 1.42. The molecule has 9 heteroatoms. The molecule has 4 heterocycles. The van der Waals surface area contributed by atoms with Crippen LogP contribution in [0.3, 0.4) is 0 Å². The smallest absolute Gasteiger partial charge is 0.319 e. The molecule has 192 valence electrons. The van der Waals surface area contributed by atoms with Crippen LogP contribution in [0.5, 0.6) is 0 Å². The Labute approximate surface area is 212 Å². The second-order valence-corrected chi connectivity index (χ2v) is 9.91. The maximum Gasteiger partial charge on any atom is 0.319 e. The Bertz CT molecular complexity index is 1110. The highest BCUT2D eigenvalue weighted by Gasteiger charge is 2.40. The van der Waals surface area contributed by atoms with Gasteiger partial charge in [-0.25, -0.2) is 14.8 Å². The Kier molecular flexibility index (Phi) is 7.36. The van der Waals surface area contributed by atoms with Crippen molar-refractivity contribution in [2.75, 3.05) is 43.1 Å². The van der Waals surface area contributed by atoms with Gasteiger partial charge in [0.05, 0.1) is 31.0 Å². The number of carbonyl (C=O) groups is 2. The van der Waals surface area contributed by atoms with Crippen LogP contribution in [-0.4, -0.2) is 65.7 Å². The van der Waals surface area contributed by atoms with Crippen molar-refractivity contribution in [2.45, 2.75) is 64.5 Å². The third kappa shape index (κ3) is 5.02. The number of unbranched alkanes of at least 4 members (excludes halogenated alkanes) is 2. The van der Waals surface area contributed by atoms with Gasteiger partial charge in [0.15, 0.2) is 5.82 Å². The van der Waals surface area contributed by atoms with Crippen molar-refractivity contribution in [2.24, 2.45) is 0 Å². The molecule has 0 bridgehead atoms. The maximum atomic E-state index is 12.5. The number of nitrogens with zero attached hydrogens (tertiary/aromatic N) is 4. The number of benzene rings is 1. The molecule has 2 atom stereocenters. The van der Waals surface area contributed by atoms with E-state index in [4.69, 9.17) is 14.7 Å². The van der Waals surface area contributed by atoms with Crippen LogP contribution in [-0.2, 0) is 16.0 Å². The van der Waals surface area contributed by atoms with Gasteiger partial charge in [0.2, 0.25) is 5.91 Å². The fraction of sp³-hybridized carbons (Fsp3) is 0.556. The van der Waals surface area contributed by atoms with Gasteiger partial charge in [0.25, 0.3) is 0 Å². The van der Waals surface area contributed by atoms with Crippen LogP contribution in [0.15, 0.2) is 24.3 Å². The molecule has 2 saturated heterocycles. The Hall–Kier alpha value is -3.20. The van der Waals surface area contributed by atoms with Crippen molar-refractivity contribution in [3.05, 3.63) is 35.5 Å². The minimum absolute atomic E-state index is 0.0236. The summed E-state index contributed by atoms with van der Waals surface area (Å²) in [5.41, 5.74) is 3.76. The summed E-state index contributed by atoms with van der Waals surface area (Å²) in [5.74, 6) is 1.84. The summed E-state index contributed by atoms with van der Waals surface area (Å²) in [6, 6.07) is 7.70. The minimum atomic E-state index is -0.196. The zero-order chi connectivity index (χ0) is 25.1. The van der Waals surface area contributed by atoms with E-state index in [0.29, 0.717) is 32.0 Å². The first-order valence-corrected chi connectivity index (χ1v) is 13.2. The molecule has 2 aromatic rings. The number of hydrogen-bond acceptors (Lipinski definition) is 6. The Morgan fingerprint density at radius 2 is 1.94 bits per heavy atom. The zero-order valence-corrected chi connectivity index (χ0v) is 21.3. The van der Waals surface area contributed by atoms with Crippen molar-refractivity contribution in [3.8, 4) is 11.4 Å². The van der Waals surface area contributed by atoms with Crippen molar-refractivity contribution in [1.29, 1.82) is 0 Å². The average molecular weight is 493 g/mol. The lowest BCUT2D eigenvalue weighted by Gasteiger charge is -2.38. The summed E-state index contributed by atoms with van der Waals surface area (Å²) in [5, 5.41) is 5.79. The van der Waals surface area contributed by atoms with E-state index in [-0.39, 0.29) is 24.0 Å². The van der Waals surface area contributed by atoms with Gasteiger partial charge in [-0.1, -0.05) is 19.8 Å². The summed E-state index contributed by atoms with van der Waals surface area (Å²) in [7, 11) is 0. The van der Waals surface area contributed by atoms with E-state index >= 15 is 0 Å². The standard InChI is InChI=1S/C27H36N6O3/c1-3-4-5-13-28-27(35)29-20-8-6-19(7-9-20)25-30-24-21(12-14-33-22(24)10-11-23(33)34)26(31-25)32-15-16-36-17-18(32)2/h6-9,18,22H,3-5,10-17H2,1-2H3,(H2,28,29,35). The van der Waals surface area contributed by atoms with Crippen molar-refractivity contribution >= 4 is 23.4 Å². The number of hydrogen-bond donors (Lipinski definition) is 2. The number of urea groups is 1. The highest BCUT2D eigenvalue weighted by atomic mass is 16.5. The molecule has 3 aliphatic heterocycles. The van der Waals surface area contributed by atoms with Crippen LogP contribution in [0.25, 0.3) is 11.4 Å². The summed E-state index contributed by atoms with van der Waals surface area (Å²) < 4.78 is 5.68. The fourth-order valence-electron chi connectivity index (χ4n) is 5.40. The number of morpholine rings is 1. The lowest BCUT2D eigenvalue weighted by molar-refractivity contribution is -0.129. The van der Waals surface area contributed by atoms with Gasteiger partial charge < -0.3 is 25.2 Å². The third-order valence-electron chi connectivity index (χ3n) is 7.37. The van der Waals surface area contributed by atoms with Crippen LogP contribution < -0.4 is 15.5 Å². The molecule has 36 heavy (non-hydrogen) atoms. The monoisotopic (exact) mass is 492 g/mol. The molecule has 5 rings (SSSR count). The molecule has 2 N–H and O–H groups in total. The molecule has 0 aliphatic carbocycles. The first-order valence-electron chi connectivity index (χ1n) is 13.2. The summed E-state index contributed by atoms with van der Waals surface area (Å²) in [4.78, 5) is 39.0. The maximum absolute atomic E-state index is 12.5. The second kappa shape index (κ2) is 10.8. The van der Waals surface area contributed by atoms with Crippen molar-refractivity contribution < 1.29 is 14.3 Å². The van der Waals surface area contributed by atoms with E-state index < -0.39 is 0 Å². The van der Waals surface area contributed by atoms with Gasteiger partial charge in [-0.3, -0.25) is 4.79 Å². The highest BCUT2D eigenvalue weighted by molar-refractivity contribution is 5.89. The number of nitrogens with one attached hydrogen (secondary N) is 2. The molecule has 0 spiro atoms.